The third kappa shape index (κ3) is 2.47. The molecule has 0 aliphatic heterocycles. The molecule has 3 nitrogen and oxygen atoms in total. The van der Waals surface area contributed by atoms with Gasteiger partial charge in [-0.2, -0.15) is 0 Å². The number of aromatic nitrogens is 2. The third-order valence-electron chi connectivity index (χ3n) is 2.16. The van der Waals surface area contributed by atoms with E-state index >= 15 is 0 Å². The minimum atomic E-state index is 0.0137. The smallest absolute Gasteiger partial charge is 0.264 e. The molecule has 0 bridgehead atoms. The number of rotatable bonds is 4. The predicted octanol–water partition coefficient (Wildman–Crippen LogP) is 2.10. The number of nitrogens with zero attached hydrogens (tertiary/aromatic N) is 1. The topological polar surface area (TPSA) is 37.8 Å². The van der Waals surface area contributed by atoms with Crippen LogP contribution < -0.4 is 5.56 Å². The number of nitrogens with one attached hydrogen (secondary N) is 1. The summed E-state index contributed by atoms with van der Waals surface area (Å²) in [4.78, 5) is 11.1. The second-order valence-corrected chi connectivity index (χ2v) is 3.71. The van der Waals surface area contributed by atoms with E-state index in [1.54, 1.807) is 6.07 Å². The van der Waals surface area contributed by atoms with Crippen molar-refractivity contribution in [2.24, 2.45) is 0 Å². The summed E-state index contributed by atoms with van der Waals surface area (Å²) in [5, 5.41) is 2.82. The first-order chi connectivity index (χ1) is 6.15. The molecule has 0 radical (unpaired) electrons. The van der Waals surface area contributed by atoms with E-state index in [2.05, 4.69) is 25.9 Å². The molecule has 0 saturated heterocycles. The zero-order valence-corrected chi connectivity index (χ0v) is 8.63. The van der Waals surface area contributed by atoms with Gasteiger partial charge in [-0.15, -0.1) is 0 Å². The van der Waals surface area contributed by atoms with E-state index in [0.29, 0.717) is 5.92 Å². The molecule has 1 N–H and O–H groups in total. The quantitative estimate of drug-likeness (QED) is 0.760. The van der Waals surface area contributed by atoms with Crippen LogP contribution >= 0.6 is 0 Å². The standard InChI is InChI=1S/C10H18N2O/c1-4-5-6-12-9(8(2)3)7-10(13)11-12/h7-8H,4-6H2,1-3H3,(H,11,13). The lowest BCUT2D eigenvalue weighted by Gasteiger charge is -2.09. The number of unbranched alkanes of at least 4 members (excludes halogenated alkanes) is 1. The first-order valence-corrected chi connectivity index (χ1v) is 4.95. The average Bonchev–Trinajstić information content (AvgIpc) is 2.43. The van der Waals surface area contributed by atoms with E-state index in [0.717, 1.165) is 25.1 Å². The van der Waals surface area contributed by atoms with E-state index < -0.39 is 0 Å². The van der Waals surface area contributed by atoms with Gasteiger partial charge in [-0.05, 0) is 12.3 Å². The average molecular weight is 182 g/mol. The molecule has 1 aromatic heterocycles. The molecule has 0 atom stereocenters. The minimum absolute atomic E-state index is 0.0137. The Morgan fingerprint density at radius 3 is 2.77 bits per heavy atom. The third-order valence-corrected chi connectivity index (χ3v) is 2.16. The van der Waals surface area contributed by atoms with Crippen LogP contribution in [-0.4, -0.2) is 9.78 Å². The number of H-pyrrole nitrogens is 1. The Labute approximate surface area is 78.8 Å². The molecule has 0 fully saturated rings. The number of aryl methyl sites for hydroxylation is 1. The lowest BCUT2D eigenvalue weighted by atomic mass is 10.1. The summed E-state index contributed by atoms with van der Waals surface area (Å²) in [7, 11) is 0. The molecular weight excluding hydrogens is 164 g/mol. The summed E-state index contributed by atoms with van der Waals surface area (Å²) in [6.45, 7) is 7.28. The van der Waals surface area contributed by atoms with E-state index in [1.807, 2.05) is 4.68 Å². The van der Waals surface area contributed by atoms with Crippen molar-refractivity contribution in [1.82, 2.24) is 9.78 Å². The van der Waals surface area contributed by atoms with Gasteiger partial charge < -0.3 is 0 Å². The van der Waals surface area contributed by atoms with Crippen LogP contribution in [0.4, 0.5) is 0 Å². The van der Waals surface area contributed by atoms with Gasteiger partial charge in [0.1, 0.15) is 0 Å². The molecule has 0 spiro atoms. The van der Waals surface area contributed by atoms with E-state index in [-0.39, 0.29) is 5.56 Å². The normalized spacial score (nSPS) is 11.1. The Bertz CT molecular complexity index is 309. The molecule has 1 aromatic rings. The largest absolute Gasteiger partial charge is 0.289 e. The lowest BCUT2D eigenvalue weighted by Crippen LogP contribution is -2.08. The summed E-state index contributed by atoms with van der Waals surface area (Å²) in [6, 6.07) is 1.69. The highest BCUT2D eigenvalue weighted by Gasteiger charge is 2.06. The summed E-state index contributed by atoms with van der Waals surface area (Å²) in [6.07, 6.45) is 2.27. The van der Waals surface area contributed by atoms with Crippen molar-refractivity contribution >= 4 is 0 Å². The SMILES string of the molecule is CCCCn1[nH]c(=O)cc1C(C)C. The molecule has 0 aliphatic rings. The maximum absolute atomic E-state index is 11.1. The van der Waals surface area contributed by atoms with Gasteiger partial charge in [0.05, 0.1) is 0 Å². The van der Waals surface area contributed by atoms with Crippen LogP contribution in [0.1, 0.15) is 45.2 Å². The molecular formula is C10H18N2O. The van der Waals surface area contributed by atoms with Gasteiger partial charge in [0, 0.05) is 18.3 Å². The van der Waals surface area contributed by atoms with Gasteiger partial charge in [-0.1, -0.05) is 27.2 Å². The Balaban J connectivity index is 2.84. The van der Waals surface area contributed by atoms with E-state index in [9.17, 15) is 4.79 Å². The summed E-state index contributed by atoms with van der Waals surface area (Å²) in [5.41, 5.74) is 1.12. The molecule has 1 heterocycles. The van der Waals surface area contributed by atoms with Crippen LogP contribution in [0.25, 0.3) is 0 Å². The maximum atomic E-state index is 11.1. The van der Waals surface area contributed by atoms with Crippen LogP contribution in [0.3, 0.4) is 0 Å². The zero-order chi connectivity index (χ0) is 9.84. The Hall–Kier alpha value is -0.990. The van der Waals surface area contributed by atoms with Gasteiger partial charge in [-0.25, -0.2) is 0 Å². The van der Waals surface area contributed by atoms with Crippen molar-refractivity contribution in [3.8, 4) is 0 Å². The van der Waals surface area contributed by atoms with Crippen molar-refractivity contribution in [3.63, 3.8) is 0 Å². The lowest BCUT2D eigenvalue weighted by molar-refractivity contribution is 0.533. The first kappa shape index (κ1) is 10.1. The van der Waals surface area contributed by atoms with Crippen LogP contribution in [0, 0.1) is 0 Å². The van der Waals surface area contributed by atoms with E-state index in [1.165, 1.54) is 0 Å². The van der Waals surface area contributed by atoms with Crippen LogP contribution in [-0.2, 0) is 6.54 Å². The fourth-order valence-electron chi connectivity index (χ4n) is 1.42. The number of hydrogen-bond acceptors (Lipinski definition) is 1. The van der Waals surface area contributed by atoms with Gasteiger partial charge >= 0.3 is 0 Å². The van der Waals surface area contributed by atoms with Gasteiger partial charge in [0.25, 0.3) is 5.56 Å². The first-order valence-electron chi connectivity index (χ1n) is 4.95. The molecule has 13 heavy (non-hydrogen) atoms. The monoisotopic (exact) mass is 182 g/mol. The molecule has 3 heteroatoms. The number of aromatic amines is 1. The van der Waals surface area contributed by atoms with Gasteiger partial charge in [0.15, 0.2) is 0 Å². The van der Waals surface area contributed by atoms with Crippen molar-refractivity contribution in [3.05, 3.63) is 22.1 Å². The van der Waals surface area contributed by atoms with Crippen molar-refractivity contribution in [1.29, 1.82) is 0 Å². The fourth-order valence-corrected chi connectivity index (χ4v) is 1.42. The molecule has 0 unspecified atom stereocenters. The molecule has 74 valence electrons. The highest BCUT2D eigenvalue weighted by molar-refractivity contribution is 5.05. The number of hydrogen-bond donors (Lipinski definition) is 1. The highest BCUT2D eigenvalue weighted by Crippen LogP contribution is 2.11. The Morgan fingerprint density at radius 1 is 1.54 bits per heavy atom. The summed E-state index contributed by atoms with van der Waals surface area (Å²) >= 11 is 0. The van der Waals surface area contributed by atoms with Crippen molar-refractivity contribution in [2.75, 3.05) is 0 Å². The molecule has 1 rings (SSSR count). The van der Waals surface area contributed by atoms with Crippen LogP contribution in [0.5, 0.6) is 0 Å². The Kier molecular flexibility index (Phi) is 3.34. The second kappa shape index (κ2) is 4.30. The molecule has 0 aromatic carbocycles. The van der Waals surface area contributed by atoms with E-state index in [4.69, 9.17) is 0 Å². The van der Waals surface area contributed by atoms with Crippen LogP contribution in [0.2, 0.25) is 0 Å². The summed E-state index contributed by atoms with van der Waals surface area (Å²) < 4.78 is 1.97. The molecule has 0 amide bonds. The van der Waals surface area contributed by atoms with Gasteiger partial charge in [0.2, 0.25) is 0 Å². The minimum Gasteiger partial charge on any atom is -0.289 e. The zero-order valence-electron chi connectivity index (χ0n) is 8.63. The second-order valence-electron chi connectivity index (χ2n) is 3.71. The Morgan fingerprint density at radius 2 is 2.23 bits per heavy atom. The highest BCUT2D eigenvalue weighted by atomic mass is 16.1. The van der Waals surface area contributed by atoms with Crippen molar-refractivity contribution in [2.45, 2.75) is 46.1 Å². The predicted molar refractivity (Wildman–Crippen MR) is 54.0 cm³/mol. The van der Waals surface area contributed by atoms with Crippen molar-refractivity contribution < 1.29 is 0 Å². The maximum Gasteiger partial charge on any atom is 0.264 e. The fraction of sp³-hybridized carbons (Fsp3) is 0.700. The molecule has 0 aliphatic carbocycles. The molecule has 0 saturated carbocycles. The van der Waals surface area contributed by atoms with Gasteiger partial charge in [-0.3, -0.25) is 14.6 Å². The van der Waals surface area contributed by atoms with Crippen LogP contribution in [0.15, 0.2) is 10.9 Å². The summed E-state index contributed by atoms with van der Waals surface area (Å²) in [5.74, 6) is 0.413.